The van der Waals surface area contributed by atoms with E-state index in [2.05, 4.69) is 5.32 Å². The molecule has 0 heterocycles. The lowest BCUT2D eigenvalue weighted by Crippen LogP contribution is -1.95. The standard InChI is InChI=1S/C15H13NO/c17-15(13-7-3-1-4-8-13)11-12-16-14-9-5-2-6-10-14/h1-12,16H/b12-11-. The average molecular weight is 223 g/mol. The van der Waals surface area contributed by atoms with Gasteiger partial charge in [-0.05, 0) is 12.1 Å². The van der Waals surface area contributed by atoms with Gasteiger partial charge in [0, 0.05) is 23.5 Å². The van der Waals surface area contributed by atoms with Crippen LogP contribution >= 0.6 is 0 Å². The largest absolute Gasteiger partial charge is 0.362 e. The number of rotatable bonds is 4. The van der Waals surface area contributed by atoms with Crippen LogP contribution in [0.15, 0.2) is 72.9 Å². The first-order chi connectivity index (χ1) is 8.36. The first-order valence-corrected chi connectivity index (χ1v) is 5.44. The van der Waals surface area contributed by atoms with Crippen molar-refractivity contribution in [3.05, 3.63) is 78.5 Å². The van der Waals surface area contributed by atoms with E-state index in [1.165, 1.54) is 6.08 Å². The van der Waals surface area contributed by atoms with E-state index in [9.17, 15) is 4.79 Å². The topological polar surface area (TPSA) is 29.1 Å². The van der Waals surface area contributed by atoms with E-state index in [-0.39, 0.29) is 5.78 Å². The minimum absolute atomic E-state index is 0.00553. The van der Waals surface area contributed by atoms with Gasteiger partial charge in [-0.1, -0.05) is 48.5 Å². The quantitative estimate of drug-likeness (QED) is 0.635. The number of hydrogen-bond acceptors (Lipinski definition) is 2. The number of benzene rings is 2. The molecule has 2 rings (SSSR count). The maximum Gasteiger partial charge on any atom is 0.187 e. The van der Waals surface area contributed by atoms with Gasteiger partial charge in [0.05, 0.1) is 0 Å². The zero-order valence-corrected chi connectivity index (χ0v) is 9.34. The molecule has 0 saturated heterocycles. The van der Waals surface area contributed by atoms with Crippen molar-refractivity contribution in [1.82, 2.24) is 0 Å². The summed E-state index contributed by atoms with van der Waals surface area (Å²) in [4.78, 5) is 11.7. The number of nitrogens with one attached hydrogen (secondary N) is 1. The molecule has 0 bridgehead atoms. The molecule has 2 aromatic rings. The summed E-state index contributed by atoms with van der Waals surface area (Å²) < 4.78 is 0. The molecule has 0 saturated carbocycles. The smallest absolute Gasteiger partial charge is 0.187 e. The Morgan fingerprint density at radius 3 is 2.12 bits per heavy atom. The molecular weight excluding hydrogens is 210 g/mol. The Hall–Kier alpha value is -2.35. The average Bonchev–Trinajstić information content (AvgIpc) is 2.41. The molecule has 0 unspecified atom stereocenters. The van der Waals surface area contributed by atoms with Crippen molar-refractivity contribution >= 4 is 11.5 Å². The van der Waals surface area contributed by atoms with Gasteiger partial charge >= 0.3 is 0 Å². The molecule has 0 spiro atoms. The van der Waals surface area contributed by atoms with Crippen molar-refractivity contribution in [2.24, 2.45) is 0 Å². The number of carbonyl (C=O) groups excluding carboxylic acids is 1. The normalized spacial score (nSPS) is 10.4. The second kappa shape index (κ2) is 5.66. The third kappa shape index (κ3) is 3.31. The summed E-state index contributed by atoms with van der Waals surface area (Å²) >= 11 is 0. The van der Waals surface area contributed by atoms with Crippen molar-refractivity contribution < 1.29 is 4.79 Å². The molecule has 0 fully saturated rings. The maximum absolute atomic E-state index is 11.7. The third-order valence-corrected chi connectivity index (χ3v) is 2.32. The fourth-order valence-electron chi connectivity index (χ4n) is 1.45. The van der Waals surface area contributed by atoms with Gasteiger partial charge in [-0.25, -0.2) is 0 Å². The van der Waals surface area contributed by atoms with Gasteiger partial charge in [-0.15, -0.1) is 0 Å². The van der Waals surface area contributed by atoms with E-state index in [0.29, 0.717) is 5.56 Å². The Morgan fingerprint density at radius 2 is 1.47 bits per heavy atom. The predicted molar refractivity (Wildman–Crippen MR) is 70.0 cm³/mol. The molecule has 2 heteroatoms. The minimum atomic E-state index is -0.00553. The summed E-state index contributed by atoms with van der Waals surface area (Å²) in [7, 11) is 0. The number of anilines is 1. The second-order valence-electron chi connectivity index (χ2n) is 3.57. The predicted octanol–water partition coefficient (Wildman–Crippen LogP) is 3.50. The number of para-hydroxylation sites is 1. The van der Waals surface area contributed by atoms with E-state index in [4.69, 9.17) is 0 Å². The summed E-state index contributed by atoms with van der Waals surface area (Å²) in [6.45, 7) is 0. The Labute approximate surface area is 101 Å². The van der Waals surface area contributed by atoms with E-state index < -0.39 is 0 Å². The van der Waals surface area contributed by atoms with E-state index in [0.717, 1.165) is 5.69 Å². The Kier molecular flexibility index (Phi) is 3.71. The number of hydrogen-bond donors (Lipinski definition) is 1. The van der Waals surface area contributed by atoms with Crippen LogP contribution in [0.2, 0.25) is 0 Å². The summed E-state index contributed by atoms with van der Waals surface area (Å²) in [5.74, 6) is -0.00553. The van der Waals surface area contributed by atoms with Gasteiger partial charge in [0.15, 0.2) is 5.78 Å². The summed E-state index contributed by atoms with van der Waals surface area (Å²) in [5, 5.41) is 3.04. The fourth-order valence-corrected chi connectivity index (χ4v) is 1.45. The molecule has 0 aliphatic heterocycles. The molecule has 0 aromatic heterocycles. The van der Waals surface area contributed by atoms with Gasteiger partial charge in [0.25, 0.3) is 0 Å². The SMILES string of the molecule is O=C(/C=C\Nc1ccccc1)c1ccccc1. The zero-order valence-electron chi connectivity index (χ0n) is 9.34. The van der Waals surface area contributed by atoms with Crippen LogP contribution in [-0.2, 0) is 0 Å². The zero-order chi connectivity index (χ0) is 11.9. The van der Waals surface area contributed by atoms with Crippen LogP contribution in [0.5, 0.6) is 0 Å². The lowest BCUT2D eigenvalue weighted by atomic mass is 10.1. The van der Waals surface area contributed by atoms with Gasteiger partial charge < -0.3 is 5.32 Å². The molecule has 0 atom stereocenters. The fraction of sp³-hybridized carbons (Fsp3) is 0. The van der Waals surface area contributed by atoms with Crippen LogP contribution in [0.25, 0.3) is 0 Å². The van der Waals surface area contributed by atoms with Crippen molar-refractivity contribution in [2.75, 3.05) is 5.32 Å². The van der Waals surface area contributed by atoms with Crippen molar-refractivity contribution in [3.8, 4) is 0 Å². The maximum atomic E-state index is 11.7. The number of ketones is 1. The Morgan fingerprint density at radius 1 is 0.882 bits per heavy atom. The first-order valence-electron chi connectivity index (χ1n) is 5.44. The number of allylic oxidation sites excluding steroid dienone is 1. The highest BCUT2D eigenvalue weighted by Gasteiger charge is 1.98. The Bertz CT molecular complexity index is 503. The highest BCUT2D eigenvalue weighted by molar-refractivity contribution is 6.04. The molecule has 84 valence electrons. The molecular formula is C15H13NO. The molecule has 17 heavy (non-hydrogen) atoms. The second-order valence-corrected chi connectivity index (χ2v) is 3.57. The summed E-state index contributed by atoms with van der Waals surface area (Å²) in [5.41, 5.74) is 1.66. The Balaban J connectivity index is 1.96. The summed E-state index contributed by atoms with van der Waals surface area (Å²) in [6, 6.07) is 18.9. The molecule has 0 radical (unpaired) electrons. The van der Waals surface area contributed by atoms with Gasteiger partial charge in [0.2, 0.25) is 0 Å². The van der Waals surface area contributed by atoms with Crippen LogP contribution in [0.1, 0.15) is 10.4 Å². The summed E-state index contributed by atoms with van der Waals surface area (Å²) in [6.07, 6.45) is 3.19. The molecule has 2 nitrogen and oxygen atoms in total. The highest BCUT2D eigenvalue weighted by Crippen LogP contribution is 2.05. The van der Waals surface area contributed by atoms with Crippen LogP contribution in [0, 0.1) is 0 Å². The van der Waals surface area contributed by atoms with Crippen molar-refractivity contribution in [1.29, 1.82) is 0 Å². The first kappa shape index (κ1) is 11.1. The van der Waals surface area contributed by atoms with E-state index in [1.54, 1.807) is 18.3 Å². The van der Waals surface area contributed by atoms with Gasteiger partial charge in [-0.2, -0.15) is 0 Å². The lowest BCUT2D eigenvalue weighted by molar-refractivity contribution is 0.104. The van der Waals surface area contributed by atoms with E-state index >= 15 is 0 Å². The van der Waals surface area contributed by atoms with Gasteiger partial charge in [-0.3, -0.25) is 4.79 Å². The van der Waals surface area contributed by atoms with E-state index in [1.807, 2.05) is 48.5 Å². The molecule has 2 aromatic carbocycles. The number of carbonyl (C=O) groups is 1. The third-order valence-electron chi connectivity index (χ3n) is 2.32. The van der Waals surface area contributed by atoms with Crippen LogP contribution < -0.4 is 5.32 Å². The van der Waals surface area contributed by atoms with Crippen LogP contribution in [0.4, 0.5) is 5.69 Å². The molecule has 0 amide bonds. The van der Waals surface area contributed by atoms with Crippen molar-refractivity contribution in [3.63, 3.8) is 0 Å². The molecule has 1 N–H and O–H groups in total. The minimum Gasteiger partial charge on any atom is -0.362 e. The highest BCUT2D eigenvalue weighted by atomic mass is 16.1. The molecule has 0 aliphatic rings. The van der Waals surface area contributed by atoms with Crippen molar-refractivity contribution in [2.45, 2.75) is 0 Å². The molecule has 0 aliphatic carbocycles. The van der Waals surface area contributed by atoms with Crippen LogP contribution in [0.3, 0.4) is 0 Å². The van der Waals surface area contributed by atoms with Crippen LogP contribution in [-0.4, -0.2) is 5.78 Å². The van der Waals surface area contributed by atoms with Gasteiger partial charge in [0.1, 0.15) is 0 Å². The lowest BCUT2D eigenvalue weighted by Gasteiger charge is -1.98. The monoisotopic (exact) mass is 223 g/mol.